The molecule has 1 heterocycles. The summed E-state index contributed by atoms with van der Waals surface area (Å²) in [4.78, 5) is 4.36. The number of rotatable bonds is 5. The Balaban J connectivity index is 2.10. The lowest BCUT2D eigenvalue weighted by Crippen LogP contribution is -2.16. The van der Waals surface area contributed by atoms with Crippen LogP contribution < -0.4 is 10.1 Å². The smallest absolute Gasteiger partial charge is 0.145 e. The quantitative estimate of drug-likeness (QED) is 0.890. The highest BCUT2D eigenvalue weighted by Crippen LogP contribution is 2.22. The Kier molecular flexibility index (Phi) is 4.47. The SMILES string of the molecule is CCC(NC)c1ccc(Oc2cccc(F)c2)cn1. The van der Waals surface area contributed by atoms with Crippen molar-refractivity contribution in [2.24, 2.45) is 0 Å². The van der Waals surface area contributed by atoms with Crippen molar-refractivity contribution in [2.75, 3.05) is 7.05 Å². The number of pyridine rings is 1. The van der Waals surface area contributed by atoms with Crippen molar-refractivity contribution in [1.82, 2.24) is 10.3 Å². The van der Waals surface area contributed by atoms with E-state index in [1.54, 1.807) is 18.3 Å². The topological polar surface area (TPSA) is 34.1 Å². The molecule has 2 rings (SSSR count). The molecule has 4 heteroatoms. The van der Waals surface area contributed by atoms with Crippen molar-refractivity contribution in [3.8, 4) is 11.5 Å². The van der Waals surface area contributed by atoms with E-state index in [1.165, 1.54) is 12.1 Å². The molecule has 3 nitrogen and oxygen atoms in total. The molecule has 100 valence electrons. The summed E-state index contributed by atoms with van der Waals surface area (Å²) in [5, 5.41) is 3.19. The zero-order chi connectivity index (χ0) is 13.7. The van der Waals surface area contributed by atoms with Gasteiger partial charge in [0.05, 0.1) is 11.9 Å². The van der Waals surface area contributed by atoms with E-state index < -0.39 is 0 Å². The monoisotopic (exact) mass is 260 g/mol. The number of hydrogen-bond acceptors (Lipinski definition) is 3. The van der Waals surface area contributed by atoms with Crippen LogP contribution in [0.4, 0.5) is 4.39 Å². The largest absolute Gasteiger partial charge is 0.456 e. The molecule has 1 unspecified atom stereocenters. The molecule has 0 aliphatic rings. The van der Waals surface area contributed by atoms with Crippen molar-refractivity contribution < 1.29 is 9.13 Å². The number of nitrogens with zero attached hydrogens (tertiary/aromatic N) is 1. The minimum Gasteiger partial charge on any atom is -0.456 e. The second kappa shape index (κ2) is 6.29. The van der Waals surface area contributed by atoms with Gasteiger partial charge < -0.3 is 10.1 Å². The number of nitrogens with one attached hydrogen (secondary N) is 1. The highest BCUT2D eigenvalue weighted by atomic mass is 19.1. The third-order valence-corrected chi connectivity index (χ3v) is 2.90. The first kappa shape index (κ1) is 13.5. The molecule has 0 amide bonds. The second-order valence-electron chi connectivity index (χ2n) is 4.23. The summed E-state index contributed by atoms with van der Waals surface area (Å²) in [6, 6.07) is 10.0. The fourth-order valence-electron chi connectivity index (χ4n) is 1.89. The normalized spacial score (nSPS) is 12.2. The maximum Gasteiger partial charge on any atom is 0.145 e. The molecule has 0 aliphatic heterocycles. The van der Waals surface area contributed by atoms with Gasteiger partial charge in [0.1, 0.15) is 17.3 Å². The van der Waals surface area contributed by atoms with Gasteiger partial charge in [-0.15, -0.1) is 0 Å². The van der Waals surface area contributed by atoms with Gasteiger partial charge in [-0.3, -0.25) is 4.98 Å². The number of hydrogen-bond donors (Lipinski definition) is 1. The Bertz CT molecular complexity index is 524. The molecule has 0 spiro atoms. The Morgan fingerprint density at radius 2 is 2.11 bits per heavy atom. The van der Waals surface area contributed by atoms with Crippen LogP contribution >= 0.6 is 0 Å². The van der Waals surface area contributed by atoms with Crippen LogP contribution in [0.2, 0.25) is 0 Å². The molecule has 0 aliphatic carbocycles. The molecular weight excluding hydrogens is 243 g/mol. The maximum absolute atomic E-state index is 13.0. The summed E-state index contributed by atoms with van der Waals surface area (Å²) in [5.74, 6) is 0.749. The minimum atomic E-state index is -0.316. The fraction of sp³-hybridized carbons (Fsp3) is 0.267. The molecule has 0 saturated heterocycles. The van der Waals surface area contributed by atoms with Crippen LogP contribution in [0.15, 0.2) is 42.6 Å². The maximum atomic E-state index is 13.0. The van der Waals surface area contributed by atoms with Gasteiger partial charge >= 0.3 is 0 Å². The Morgan fingerprint density at radius 1 is 1.26 bits per heavy atom. The molecule has 1 atom stereocenters. The summed E-state index contributed by atoms with van der Waals surface area (Å²) < 4.78 is 18.6. The molecule has 0 saturated carbocycles. The lowest BCUT2D eigenvalue weighted by Gasteiger charge is -2.13. The molecule has 0 radical (unpaired) electrons. The van der Waals surface area contributed by atoms with E-state index >= 15 is 0 Å². The predicted octanol–water partition coefficient (Wildman–Crippen LogP) is 3.68. The summed E-state index contributed by atoms with van der Waals surface area (Å²) >= 11 is 0. The van der Waals surface area contributed by atoms with Crippen molar-refractivity contribution >= 4 is 0 Å². The highest BCUT2D eigenvalue weighted by Gasteiger charge is 2.08. The standard InChI is InChI=1S/C15H17FN2O/c1-3-14(17-2)15-8-7-13(10-18-15)19-12-6-4-5-11(16)9-12/h4-10,14,17H,3H2,1-2H3. The average Bonchev–Trinajstić information content (AvgIpc) is 2.42. The van der Waals surface area contributed by atoms with Crippen molar-refractivity contribution in [2.45, 2.75) is 19.4 Å². The number of halogens is 1. The third kappa shape index (κ3) is 3.51. The molecule has 19 heavy (non-hydrogen) atoms. The third-order valence-electron chi connectivity index (χ3n) is 2.90. The van der Waals surface area contributed by atoms with E-state index in [2.05, 4.69) is 17.2 Å². The van der Waals surface area contributed by atoms with Crippen LogP contribution in [0, 0.1) is 5.82 Å². The number of aromatic nitrogens is 1. The van der Waals surface area contributed by atoms with Gasteiger partial charge in [0.2, 0.25) is 0 Å². The first-order valence-corrected chi connectivity index (χ1v) is 6.29. The van der Waals surface area contributed by atoms with E-state index in [9.17, 15) is 4.39 Å². The molecule has 1 aromatic heterocycles. The second-order valence-corrected chi connectivity index (χ2v) is 4.23. The first-order chi connectivity index (χ1) is 9.22. The van der Waals surface area contributed by atoms with Crippen LogP contribution in [0.1, 0.15) is 25.1 Å². The van der Waals surface area contributed by atoms with Gasteiger partial charge in [-0.2, -0.15) is 0 Å². The molecule has 1 N–H and O–H groups in total. The Morgan fingerprint density at radius 3 is 2.68 bits per heavy atom. The van der Waals surface area contributed by atoms with Crippen LogP contribution in [-0.4, -0.2) is 12.0 Å². The first-order valence-electron chi connectivity index (χ1n) is 6.29. The zero-order valence-electron chi connectivity index (χ0n) is 11.1. The molecule has 0 bridgehead atoms. The van der Waals surface area contributed by atoms with E-state index in [-0.39, 0.29) is 11.9 Å². The molecule has 2 aromatic rings. The van der Waals surface area contributed by atoms with E-state index in [4.69, 9.17) is 4.74 Å². The van der Waals surface area contributed by atoms with Gasteiger partial charge in [0.15, 0.2) is 0 Å². The van der Waals surface area contributed by atoms with Crippen LogP contribution in [0.25, 0.3) is 0 Å². The van der Waals surface area contributed by atoms with Crippen LogP contribution in [0.3, 0.4) is 0 Å². The summed E-state index contributed by atoms with van der Waals surface area (Å²) in [6.07, 6.45) is 2.62. The number of ether oxygens (including phenoxy) is 1. The Labute approximate surface area is 112 Å². The van der Waals surface area contributed by atoms with E-state index in [0.717, 1.165) is 12.1 Å². The van der Waals surface area contributed by atoms with Crippen LogP contribution in [-0.2, 0) is 0 Å². The average molecular weight is 260 g/mol. The van der Waals surface area contributed by atoms with Crippen molar-refractivity contribution in [1.29, 1.82) is 0 Å². The van der Waals surface area contributed by atoms with Gasteiger partial charge in [0.25, 0.3) is 0 Å². The lowest BCUT2D eigenvalue weighted by molar-refractivity contribution is 0.472. The minimum absolute atomic E-state index is 0.239. The molecule has 0 fully saturated rings. The van der Waals surface area contributed by atoms with Gasteiger partial charge in [-0.05, 0) is 37.7 Å². The Hall–Kier alpha value is -1.94. The molecule has 1 aromatic carbocycles. The van der Waals surface area contributed by atoms with Gasteiger partial charge in [0, 0.05) is 12.1 Å². The van der Waals surface area contributed by atoms with Crippen molar-refractivity contribution in [3.63, 3.8) is 0 Å². The van der Waals surface area contributed by atoms with E-state index in [1.807, 2.05) is 19.2 Å². The van der Waals surface area contributed by atoms with E-state index in [0.29, 0.717) is 11.5 Å². The lowest BCUT2D eigenvalue weighted by atomic mass is 10.1. The summed E-state index contributed by atoms with van der Waals surface area (Å²) in [6.45, 7) is 2.10. The highest BCUT2D eigenvalue weighted by molar-refractivity contribution is 5.30. The summed E-state index contributed by atoms with van der Waals surface area (Å²) in [5.41, 5.74) is 0.969. The fourth-order valence-corrected chi connectivity index (χ4v) is 1.89. The van der Waals surface area contributed by atoms with Gasteiger partial charge in [-0.25, -0.2) is 4.39 Å². The number of benzene rings is 1. The van der Waals surface area contributed by atoms with Gasteiger partial charge in [-0.1, -0.05) is 13.0 Å². The summed E-state index contributed by atoms with van der Waals surface area (Å²) in [7, 11) is 1.91. The van der Waals surface area contributed by atoms with Crippen LogP contribution in [0.5, 0.6) is 11.5 Å². The molecular formula is C15H17FN2O. The predicted molar refractivity (Wildman–Crippen MR) is 72.8 cm³/mol. The van der Waals surface area contributed by atoms with Crippen molar-refractivity contribution in [3.05, 3.63) is 54.1 Å². The zero-order valence-corrected chi connectivity index (χ0v) is 11.1.